The zero-order valence-corrected chi connectivity index (χ0v) is 6.45. The van der Waals surface area contributed by atoms with E-state index in [9.17, 15) is 4.39 Å². The first-order chi connectivity index (χ1) is 4.20. The quantitative estimate of drug-likeness (QED) is 0.656. The Balaban J connectivity index is 3.17. The number of hydrogen-bond acceptors (Lipinski definition) is 2. The Morgan fingerprint density at radius 1 is 1.67 bits per heavy atom. The van der Waals surface area contributed by atoms with Crippen LogP contribution in [0, 0.1) is 5.95 Å². The van der Waals surface area contributed by atoms with Crippen LogP contribution in [0.2, 0.25) is 5.15 Å². The van der Waals surface area contributed by atoms with E-state index in [2.05, 4.69) is 25.9 Å². The van der Waals surface area contributed by atoms with Gasteiger partial charge in [-0.05, 0) is 15.9 Å². The first kappa shape index (κ1) is 6.89. The first-order valence-electron chi connectivity index (χ1n) is 2.03. The maximum absolute atomic E-state index is 12.2. The van der Waals surface area contributed by atoms with Gasteiger partial charge in [-0.3, -0.25) is 0 Å². The molecule has 1 heterocycles. The van der Waals surface area contributed by atoms with Gasteiger partial charge in [0.05, 0.1) is 6.20 Å². The summed E-state index contributed by atoms with van der Waals surface area (Å²) in [6, 6.07) is 0. The lowest BCUT2D eigenvalue weighted by Gasteiger charge is -1.89. The van der Waals surface area contributed by atoms with Crippen LogP contribution < -0.4 is 0 Å². The molecule has 0 unspecified atom stereocenters. The summed E-state index contributed by atoms with van der Waals surface area (Å²) in [4.78, 5) is 6.79. The van der Waals surface area contributed by atoms with Gasteiger partial charge >= 0.3 is 0 Å². The monoisotopic (exact) mass is 210 g/mol. The summed E-state index contributed by atoms with van der Waals surface area (Å²) < 4.78 is 12.3. The first-order valence-corrected chi connectivity index (χ1v) is 3.21. The molecule has 0 amide bonds. The van der Waals surface area contributed by atoms with Crippen molar-refractivity contribution in [2.75, 3.05) is 0 Å². The van der Waals surface area contributed by atoms with Gasteiger partial charge in [0, 0.05) is 0 Å². The van der Waals surface area contributed by atoms with E-state index >= 15 is 0 Å². The third-order valence-corrected chi connectivity index (χ3v) is 1.35. The highest BCUT2D eigenvalue weighted by molar-refractivity contribution is 9.10. The molecule has 48 valence electrons. The zero-order valence-electron chi connectivity index (χ0n) is 4.11. The van der Waals surface area contributed by atoms with Gasteiger partial charge in [-0.2, -0.15) is 4.39 Å². The summed E-state index contributed by atoms with van der Waals surface area (Å²) in [6.45, 7) is 0. The van der Waals surface area contributed by atoms with Crippen LogP contribution >= 0.6 is 27.5 Å². The van der Waals surface area contributed by atoms with E-state index in [4.69, 9.17) is 11.6 Å². The molecule has 0 N–H and O–H groups in total. The summed E-state index contributed by atoms with van der Waals surface area (Å²) in [5, 5.41) is 0.170. The van der Waals surface area contributed by atoms with E-state index in [0.29, 0.717) is 0 Å². The van der Waals surface area contributed by atoms with Gasteiger partial charge in [0.2, 0.25) is 5.95 Å². The molecule has 1 aromatic rings. The van der Waals surface area contributed by atoms with Gasteiger partial charge in [0.1, 0.15) is 5.15 Å². The van der Waals surface area contributed by atoms with Gasteiger partial charge in [-0.15, -0.1) is 0 Å². The number of rotatable bonds is 0. The van der Waals surface area contributed by atoms with E-state index in [0.717, 1.165) is 6.20 Å². The highest BCUT2D eigenvalue weighted by Gasteiger charge is 1.99. The molecule has 0 aliphatic rings. The minimum atomic E-state index is -0.653. The fourth-order valence-corrected chi connectivity index (χ4v) is 0.861. The van der Waals surface area contributed by atoms with Crippen LogP contribution in [0.25, 0.3) is 0 Å². The van der Waals surface area contributed by atoms with Crippen molar-refractivity contribution in [1.82, 2.24) is 9.97 Å². The molecule has 0 spiro atoms. The van der Waals surface area contributed by atoms with Crippen molar-refractivity contribution in [2.24, 2.45) is 0 Å². The molecule has 0 bridgehead atoms. The number of nitrogens with zero attached hydrogens (tertiary/aromatic N) is 2. The Morgan fingerprint density at radius 2 is 2.33 bits per heavy atom. The molecule has 0 radical (unpaired) electrons. The maximum Gasteiger partial charge on any atom is 0.246 e. The molecular weight excluding hydrogens is 210 g/mol. The number of halogens is 3. The second-order valence-electron chi connectivity index (χ2n) is 1.27. The lowest BCUT2D eigenvalue weighted by molar-refractivity contribution is 0.568. The standard InChI is InChI=1S/C4HBrClFN2/c5-3-4(7)8-1-2(6)9-3/h1H. The summed E-state index contributed by atoms with van der Waals surface area (Å²) in [5.41, 5.74) is 0. The van der Waals surface area contributed by atoms with E-state index in [1.54, 1.807) is 0 Å². The average Bonchev–Trinajstić information content (AvgIpc) is 1.80. The normalized spacial score (nSPS) is 9.67. The van der Waals surface area contributed by atoms with Gasteiger partial charge < -0.3 is 0 Å². The SMILES string of the molecule is Fc1ncc(Cl)nc1Br. The fraction of sp³-hybridized carbons (Fsp3) is 0. The average molecular weight is 211 g/mol. The molecule has 0 saturated carbocycles. The van der Waals surface area contributed by atoms with Crippen LogP contribution in [0.15, 0.2) is 10.8 Å². The summed E-state index contributed by atoms with van der Waals surface area (Å²) >= 11 is 8.16. The van der Waals surface area contributed by atoms with Crippen molar-refractivity contribution in [2.45, 2.75) is 0 Å². The topological polar surface area (TPSA) is 25.8 Å². The molecule has 0 aliphatic heterocycles. The van der Waals surface area contributed by atoms with Gasteiger partial charge in [-0.25, -0.2) is 9.97 Å². The van der Waals surface area contributed by atoms with Crippen molar-refractivity contribution >= 4 is 27.5 Å². The molecular formula is C4HBrClFN2. The molecule has 1 rings (SSSR count). The molecule has 0 atom stereocenters. The molecule has 0 fully saturated rings. The Hall–Kier alpha value is -0.220. The number of hydrogen-bond donors (Lipinski definition) is 0. The number of aromatic nitrogens is 2. The molecule has 2 nitrogen and oxygen atoms in total. The lowest BCUT2D eigenvalue weighted by atomic mass is 10.7. The van der Waals surface area contributed by atoms with Crippen LogP contribution in [0.5, 0.6) is 0 Å². The third kappa shape index (κ3) is 1.59. The Labute approximate surface area is 64.2 Å². The summed E-state index contributed by atoms with van der Waals surface area (Å²) in [7, 11) is 0. The minimum Gasteiger partial charge on any atom is -0.223 e. The smallest absolute Gasteiger partial charge is 0.223 e. The second-order valence-corrected chi connectivity index (χ2v) is 2.41. The maximum atomic E-state index is 12.2. The predicted molar refractivity (Wildman–Crippen MR) is 34.7 cm³/mol. The highest BCUT2D eigenvalue weighted by Crippen LogP contribution is 2.11. The molecule has 9 heavy (non-hydrogen) atoms. The minimum absolute atomic E-state index is 0.0370. The van der Waals surface area contributed by atoms with Crippen LogP contribution in [-0.2, 0) is 0 Å². The van der Waals surface area contributed by atoms with Crippen molar-refractivity contribution in [3.05, 3.63) is 21.9 Å². The van der Waals surface area contributed by atoms with E-state index in [1.165, 1.54) is 0 Å². The van der Waals surface area contributed by atoms with E-state index < -0.39 is 5.95 Å². The van der Waals surface area contributed by atoms with E-state index in [1.807, 2.05) is 0 Å². The molecule has 0 saturated heterocycles. The summed E-state index contributed by atoms with van der Waals surface area (Å²) in [6.07, 6.45) is 1.14. The zero-order chi connectivity index (χ0) is 6.85. The van der Waals surface area contributed by atoms with Crippen LogP contribution in [0.4, 0.5) is 4.39 Å². The van der Waals surface area contributed by atoms with Crippen LogP contribution in [0.3, 0.4) is 0 Å². The Morgan fingerprint density at radius 3 is 2.78 bits per heavy atom. The Bertz CT molecular complexity index is 230. The van der Waals surface area contributed by atoms with Gasteiger partial charge in [0.15, 0.2) is 4.60 Å². The summed E-state index contributed by atoms with van der Waals surface area (Å²) in [5.74, 6) is -0.653. The van der Waals surface area contributed by atoms with Gasteiger partial charge in [-0.1, -0.05) is 11.6 Å². The lowest BCUT2D eigenvalue weighted by Crippen LogP contribution is -1.86. The molecule has 0 aliphatic carbocycles. The predicted octanol–water partition coefficient (Wildman–Crippen LogP) is 2.03. The van der Waals surface area contributed by atoms with Crippen molar-refractivity contribution < 1.29 is 4.39 Å². The third-order valence-electron chi connectivity index (χ3n) is 0.660. The van der Waals surface area contributed by atoms with E-state index in [-0.39, 0.29) is 9.76 Å². The van der Waals surface area contributed by atoms with Crippen molar-refractivity contribution in [3.8, 4) is 0 Å². The molecule has 0 aromatic carbocycles. The highest BCUT2D eigenvalue weighted by atomic mass is 79.9. The second kappa shape index (κ2) is 2.58. The van der Waals surface area contributed by atoms with Gasteiger partial charge in [0.25, 0.3) is 0 Å². The fourth-order valence-electron chi connectivity index (χ4n) is 0.332. The van der Waals surface area contributed by atoms with Crippen LogP contribution in [-0.4, -0.2) is 9.97 Å². The Kier molecular flexibility index (Phi) is 1.97. The largest absolute Gasteiger partial charge is 0.246 e. The van der Waals surface area contributed by atoms with Crippen molar-refractivity contribution in [3.63, 3.8) is 0 Å². The van der Waals surface area contributed by atoms with Crippen molar-refractivity contribution in [1.29, 1.82) is 0 Å². The molecule has 1 aromatic heterocycles. The van der Waals surface area contributed by atoms with Crippen LogP contribution in [0.1, 0.15) is 0 Å². The molecule has 5 heteroatoms.